The van der Waals surface area contributed by atoms with Crippen molar-refractivity contribution in [3.8, 4) is 5.75 Å². The first-order valence-electron chi connectivity index (χ1n) is 7.59. The lowest BCUT2D eigenvalue weighted by Gasteiger charge is -2.34. The zero-order valence-corrected chi connectivity index (χ0v) is 12.4. The van der Waals surface area contributed by atoms with E-state index < -0.39 is 0 Å². The number of hydrogen-bond donors (Lipinski definition) is 1. The van der Waals surface area contributed by atoms with Gasteiger partial charge in [0.05, 0.1) is 6.61 Å². The molecular weight excluding hydrogens is 252 g/mol. The molecule has 0 aliphatic carbocycles. The summed E-state index contributed by atoms with van der Waals surface area (Å²) >= 11 is 0. The van der Waals surface area contributed by atoms with E-state index in [0.717, 1.165) is 58.0 Å². The van der Waals surface area contributed by atoms with Crippen LogP contribution in [0.5, 0.6) is 5.75 Å². The summed E-state index contributed by atoms with van der Waals surface area (Å²) < 4.78 is 5.46. The van der Waals surface area contributed by atoms with E-state index >= 15 is 0 Å². The highest BCUT2D eigenvalue weighted by molar-refractivity contribution is 5.27. The van der Waals surface area contributed by atoms with Crippen molar-refractivity contribution in [1.82, 2.24) is 9.80 Å². The SMILES string of the molecule is CCOc1ccc(CN2CCN(CCCO)CC2)cc1. The van der Waals surface area contributed by atoms with Crippen LogP contribution in [0.1, 0.15) is 18.9 Å². The Kier molecular flexibility index (Phi) is 6.30. The highest BCUT2D eigenvalue weighted by Gasteiger charge is 2.16. The van der Waals surface area contributed by atoms with Crippen molar-refractivity contribution < 1.29 is 9.84 Å². The Hall–Kier alpha value is -1.10. The zero-order valence-electron chi connectivity index (χ0n) is 12.4. The van der Waals surface area contributed by atoms with Crippen LogP contribution in [0.3, 0.4) is 0 Å². The summed E-state index contributed by atoms with van der Waals surface area (Å²) in [5.41, 5.74) is 1.34. The minimum atomic E-state index is 0.298. The van der Waals surface area contributed by atoms with E-state index in [-0.39, 0.29) is 0 Å². The Morgan fingerprint density at radius 1 is 1.05 bits per heavy atom. The second-order valence-electron chi connectivity index (χ2n) is 5.27. The van der Waals surface area contributed by atoms with E-state index in [1.807, 2.05) is 6.92 Å². The fourth-order valence-corrected chi connectivity index (χ4v) is 2.58. The molecule has 0 saturated carbocycles. The third-order valence-corrected chi connectivity index (χ3v) is 3.74. The lowest BCUT2D eigenvalue weighted by Crippen LogP contribution is -2.46. The number of hydrogen-bond acceptors (Lipinski definition) is 4. The molecule has 1 aliphatic heterocycles. The maximum absolute atomic E-state index is 8.86. The van der Waals surface area contributed by atoms with Crippen LogP contribution in [0.25, 0.3) is 0 Å². The van der Waals surface area contributed by atoms with Crippen LogP contribution in [0.2, 0.25) is 0 Å². The normalized spacial score (nSPS) is 17.3. The molecular formula is C16H26N2O2. The Labute approximate surface area is 122 Å². The number of piperazine rings is 1. The second-order valence-corrected chi connectivity index (χ2v) is 5.27. The van der Waals surface area contributed by atoms with E-state index in [2.05, 4.69) is 34.1 Å². The number of nitrogens with zero attached hydrogens (tertiary/aromatic N) is 2. The third kappa shape index (κ3) is 4.78. The molecule has 0 unspecified atom stereocenters. The van der Waals surface area contributed by atoms with Gasteiger partial charge in [0.2, 0.25) is 0 Å². The maximum atomic E-state index is 8.86. The van der Waals surface area contributed by atoms with Crippen LogP contribution in [0, 0.1) is 0 Å². The number of rotatable bonds is 7. The van der Waals surface area contributed by atoms with Gasteiger partial charge in [-0.15, -0.1) is 0 Å². The van der Waals surface area contributed by atoms with Crippen molar-refractivity contribution in [2.45, 2.75) is 19.9 Å². The Morgan fingerprint density at radius 2 is 1.70 bits per heavy atom. The van der Waals surface area contributed by atoms with Crippen LogP contribution >= 0.6 is 0 Å². The predicted octanol–water partition coefficient (Wildman–Crippen LogP) is 1.59. The molecule has 2 rings (SSSR count). The second kappa shape index (κ2) is 8.25. The van der Waals surface area contributed by atoms with E-state index in [1.54, 1.807) is 0 Å². The van der Waals surface area contributed by atoms with E-state index in [9.17, 15) is 0 Å². The van der Waals surface area contributed by atoms with Gasteiger partial charge >= 0.3 is 0 Å². The maximum Gasteiger partial charge on any atom is 0.119 e. The zero-order chi connectivity index (χ0) is 14.2. The number of aliphatic hydroxyl groups excluding tert-OH is 1. The van der Waals surface area contributed by atoms with Crippen LogP contribution in [0.4, 0.5) is 0 Å². The summed E-state index contributed by atoms with van der Waals surface area (Å²) in [4.78, 5) is 4.93. The Morgan fingerprint density at radius 3 is 2.30 bits per heavy atom. The van der Waals surface area contributed by atoms with Crippen molar-refractivity contribution in [2.75, 3.05) is 45.9 Å². The smallest absolute Gasteiger partial charge is 0.119 e. The summed E-state index contributed by atoms with van der Waals surface area (Å²) in [6, 6.07) is 8.42. The topological polar surface area (TPSA) is 35.9 Å². The van der Waals surface area contributed by atoms with Gasteiger partial charge in [0.1, 0.15) is 5.75 Å². The fraction of sp³-hybridized carbons (Fsp3) is 0.625. The lowest BCUT2D eigenvalue weighted by molar-refractivity contribution is 0.120. The van der Waals surface area contributed by atoms with Crippen LogP contribution < -0.4 is 4.74 Å². The average Bonchev–Trinajstić information content (AvgIpc) is 2.49. The standard InChI is InChI=1S/C16H26N2O2/c1-2-20-16-6-4-15(5-7-16)14-18-11-9-17(10-12-18)8-3-13-19/h4-7,19H,2-3,8-14H2,1H3. The van der Waals surface area contributed by atoms with Gasteiger partial charge in [0.15, 0.2) is 0 Å². The molecule has 20 heavy (non-hydrogen) atoms. The first-order valence-corrected chi connectivity index (χ1v) is 7.59. The molecule has 4 nitrogen and oxygen atoms in total. The Balaban J connectivity index is 1.74. The molecule has 1 aromatic carbocycles. The quantitative estimate of drug-likeness (QED) is 0.821. The predicted molar refractivity (Wildman–Crippen MR) is 81.0 cm³/mol. The first kappa shape index (κ1) is 15.3. The van der Waals surface area contributed by atoms with Gasteiger partial charge in [-0.3, -0.25) is 4.90 Å². The monoisotopic (exact) mass is 278 g/mol. The van der Waals surface area contributed by atoms with Crippen molar-refractivity contribution in [3.05, 3.63) is 29.8 Å². The molecule has 1 aliphatic rings. The molecule has 4 heteroatoms. The molecule has 1 heterocycles. The van der Waals surface area contributed by atoms with Gasteiger partial charge < -0.3 is 14.7 Å². The molecule has 112 valence electrons. The minimum Gasteiger partial charge on any atom is -0.494 e. The molecule has 1 saturated heterocycles. The van der Waals surface area contributed by atoms with Gasteiger partial charge in [-0.2, -0.15) is 0 Å². The molecule has 0 amide bonds. The summed E-state index contributed by atoms with van der Waals surface area (Å²) in [5, 5.41) is 8.86. The lowest BCUT2D eigenvalue weighted by atomic mass is 10.2. The number of ether oxygens (including phenoxy) is 1. The molecule has 1 aromatic rings. The summed E-state index contributed by atoms with van der Waals surface area (Å²) in [6.45, 7) is 9.49. The van der Waals surface area contributed by atoms with Crippen molar-refractivity contribution in [1.29, 1.82) is 0 Å². The molecule has 0 spiro atoms. The van der Waals surface area contributed by atoms with Crippen LogP contribution in [0.15, 0.2) is 24.3 Å². The summed E-state index contributed by atoms with van der Waals surface area (Å²) in [7, 11) is 0. The highest BCUT2D eigenvalue weighted by atomic mass is 16.5. The Bertz CT molecular complexity index is 373. The molecule has 0 aromatic heterocycles. The molecule has 0 radical (unpaired) electrons. The minimum absolute atomic E-state index is 0.298. The highest BCUT2D eigenvalue weighted by Crippen LogP contribution is 2.14. The van der Waals surface area contributed by atoms with E-state index in [4.69, 9.17) is 9.84 Å². The van der Waals surface area contributed by atoms with E-state index in [1.165, 1.54) is 5.56 Å². The van der Waals surface area contributed by atoms with Crippen molar-refractivity contribution in [2.24, 2.45) is 0 Å². The molecule has 0 bridgehead atoms. The van der Waals surface area contributed by atoms with E-state index in [0.29, 0.717) is 6.61 Å². The molecule has 1 N–H and O–H groups in total. The largest absolute Gasteiger partial charge is 0.494 e. The molecule has 1 fully saturated rings. The summed E-state index contributed by atoms with van der Waals surface area (Å²) in [6.07, 6.45) is 0.888. The number of benzene rings is 1. The number of aliphatic hydroxyl groups is 1. The van der Waals surface area contributed by atoms with Gasteiger partial charge in [0, 0.05) is 45.9 Å². The molecule has 0 atom stereocenters. The first-order chi connectivity index (χ1) is 9.81. The fourth-order valence-electron chi connectivity index (χ4n) is 2.58. The average molecular weight is 278 g/mol. The van der Waals surface area contributed by atoms with Crippen LogP contribution in [-0.2, 0) is 6.54 Å². The van der Waals surface area contributed by atoms with Gasteiger partial charge in [-0.25, -0.2) is 0 Å². The van der Waals surface area contributed by atoms with Crippen LogP contribution in [-0.4, -0.2) is 60.8 Å². The van der Waals surface area contributed by atoms with Gasteiger partial charge in [-0.05, 0) is 31.0 Å². The van der Waals surface area contributed by atoms with Gasteiger partial charge in [0.25, 0.3) is 0 Å². The van der Waals surface area contributed by atoms with Crippen molar-refractivity contribution >= 4 is 0 Å². The summed E-state index contributed by atoms with van der Waals surface area (Å²) in [5.74, 6) is 0.949. The van der Waals surface area contributed by atoms with Gasteiger partial charge in [-0.1, -0.05) is 12.1 Å². The van der Waals surface area contributed by atoms with Crippen molar-refractivity contribution in [3.63, 3.8) is 0 Å². The third-order valence-electron chi connectivity index (χ3n) is 3.74.